The average molecular weight is 289 g/mol. The summed E-state index contributed by atoms with van der Waals surface area (Å²) in [5.74, 6) is 0.188. The van der Waals surface area contributed by atoms with Gasteiger partial charge in [-0.05, 0) is 18.9 Å². The van der Waals surface area contributed by atoms with E-state index in [1.807, 2.05) is 25.1 Å². The van der Waals surface area contributed by atoms with Crippen molar-refractivity contribution in [1.82, 2.24) is 15.5 Å². The van der Waals surface area contributed by atoms with Crippen LogP contribution in [0.2, 0.25) is 0 Å². The first-order valence-electron chi connectivity index (χ1n) is 7.36. The first-order chi connectivity index (χ1) is 9.99. The molecule has 2 rings (SSSR count). The maximum atomic E-state index is 12.0. The van der Waals surface area contributed by atoms with Gasteiger partial charge >= 0.3 is 6.03 Å². The molecule has 1 aliphatic heterocycles. The van der Waals surface area contributed by atoms with Gasteiger partial charge in [0.05, 0.1) is 0 Å². The lowest BCUT2D eigenvalue weighted by molar-refractivity contribution is -0.128. The van der Waals surface area contributed by atoms with Crippen molar-refractivity contribution in [2.24, 2.45) is 0 Å². The second-order valence-electron chi connectivity index (χ2n) is 5.71. The van der Waals surface area contributed by atoms with E-state index in [1.165, 1.54) is 5.56 Å². The standard InChI is InChI=1S/C16H23N3O2/c1-11(13-7-5-4-6-8-13)12(2)17-16(21)18-14-9-10-19(3)15(14)20/h4-8,11-12,14H,9-10H2,1-3H3,(H2,17,18,21)/t11-,12-,14-/m0/s1. The molecule has 1 saturated heterocycles. The number of carbonyl (C=O) groups is 2. The van der Waals surface area contributed by atoms with Crippen LogP contribution in [-0.4, -0.2) is 42.5 Å². The third-order valence-corrected chi connectivity index (χ3v) is 4.17. The Morgan fingerprint density at radius 2 is 1.95 bits per heavy atom. The van der Waals surface area contributed by atoms with Gasteiger partial charge < -0.3 is 15.5 Å². The van der Waals surface area contributed by atoms with Crippen molar-refractivity contribution in [2.75, 3.05) is 13.6 Å². The van der Waals surface area contributed by atoms with Gasteiger partial charge in [-0.15, -0.1) is 0 Å². The fourth-order valence-corrected chi connectivity index (χ4v) is 2.53. The molecule has 0 radical (unpaired) electrons. The number of likely N-dealkylation sites (N-methyl/N-ethyl adjacent to an activating group) is 1. The van der Waals surface area contributed by atoms with Crippen molar-refractivity contribution < 1.29 is 9.59 Å². The minimum absolute atomic E-state index is 0.0124. The van der Waals surface area contributed by atoms with E-state index in [0.717, 1.165) is 0 Å². The first-order valence-corrected chi connectivity index (χ1v) is 7.36. The molecule has 1 aromatic carbocycles. The summed E-state index contributed by atoms with van der Waals surface area (Å²) in [5, 5.41) is 5.67. The van der Waals surface area contributed by atoms with E-state index < -0.39 is 6.04 Å². The molecule has 0 aromatic heterocycles. The molecule has 1 heterocycles. The summed E-state index contributed by atoms with van der Waals surface area (Å²) < 4.78 is 0. The van der Waals surface area contributed by atoms with Crippen molar-refractivity contribution in [3.8, 4) is 0 Å². The quantitative estimate of drug-likeness (QED) is 0.886. The van der Waals surface area contributed by atoms with Crippen LogP contribution in [0.5, 0.6) is 0 Å². The molecule has 0 spiro atoms. The highest BCUT2D eigenvalue weighted by Crippen LogP contribution is 2.18. The molecule has 5 nitrogen and oxygen atoms in total. The maximum absolute atomic E-state index is 12.0. The number of urea groups is 1. The molecule has 1 fully saturated rings. The number of hydrogen-bond donors (Lipinski definition) is 2. The van der Waals surface area contributed by atoms with Crippen molar-refractivity contribution in [3.05, 3.63) is 35.9 Å². The topological polar surface area (TPSA) is 61.4 Å². The number of benzene rings is 1. The van der Waals surface area contributed by atoms with Crippen LogP contribution in [-0.2, 0) is 4.79 Å². The molecular weight excluding hydrogens is 266 g/mol. The SMILES string of the molecule is C[C@H](NC(=O)N[C@H]1CCN(C)C1=O)[C@H](C)c1ccccc1. The summed E-state index contributed by atoms with van der Waals surface area (Å²) in [6.45, 7) is 4.74. The third-order valence-electron chi connectivity index (χ3n) is 4.17. The second kappa shape index (κ2) is 6.61. The lowest BCUT2D eigenvalue weighted by Gasteiger charge is -2.23. The Balaban J connectivity index is 1.86. The van der Waals surface area contributed by atoms with Crippen molar-refractivity contribution in [1.29, 1.82) is 0 Å². The van der Waals surface area contributed by atoms with Crippen molar-refractivity contribution in [3.63, 3.8) is 0 Å². The van der Waals surface area contributed by atoms with E-state index in [4.69, 9.17) is 0 Å². The molecule has 0 saturated carbocycles. The van der Waals surface area contributed by atoms with Gasteiger partial charge in [0, 0.05) is 25.6 Å². The second-order valence-corrected chi connectivity index (χ2v) is 5.71. The Hall–Kier alpha value is -2.04. The van der Waals surface area contributed by atoms with Crippen molar-refractivity contribution >= 4 is 11.9 Å². The number of hydrogen-bond acceptors (Lipinski definition) is 2. The number of amides is 3. The summed E-state index contributed by atoms with van der Waals surface area (Å²) in [6, 6.07) is 9.38. The van der Waals surface area contributed by atoms with Crippen LogP contribution < -0.4 is 10.6 Å². The van der Waals surface area contributed by atoms with Gasteiger partial charge in [-0.3, -0.25) is 4.79 Å². The fraction of sp³-hybridized carbons (Fsp3) is 0.500. The molecule has 21 heavy (non-hydrogen) atoms. The van der Waals surface area contributed by atoms with E-state index in [2.05, 4.69) is 29.7 Å². The Morgan fingerprint density at radius 1 is 1.29 bits per heavy atom. The van der Waals surface area contributed by atoms with Gasteiger partial charge in [-0.1, -0.05) is 37.3 Å². The van der Waals surface area contributed by atoms with Gasteiger partial charge in [0.25, 0.3) is 0 Å². The highest BCUT2D eigenvalue weighted by Gasteiger charge is 2.30. The Bertz CT molecular complexity index is 504. The van der Waals surface area contributed by atoms with E-state index >= 15 is 0 Å². The molecule has 0 aliphatic carbocycles. The van der Waals surface area contributed by atoms with Crippen LogP contribution in [0.15, 0.2) is 30.3 Å². The summed E-state index contributed by atoms with van der Waals surface area (Å²) >= 11 is 0. The molecule has 1 aromatic rings. The maximum Gasteiger partial charge on any atom is 0.315 e. The van der Waals surface area contributed by atoms with Crippen LogP contribution >= 0.6 is 0 Å². The minimum Gasteiger partial charge on any atom is -0.344 e. The van der Waals surface area contributed by atoms with Gasteiger partial charge in [0.2, 0.25) is 5.91 Å². The minimum atomic E-state index is -0.394. The first kappa shape index (κ1) is 15.4. The van der Waals surface area contributed by atoms with Crippen LogP contribution in [0, 0.1) is 0 Å². The fourth-order valence-electron chi connectivity index (χ4n) is 2.53. The molecule has 5 heteroatoms. The summed E-state index contributed by atoms with van der Waals surface area (Å²) in [5.41, 5.74) is 1.18. The predicted octanol–water partition coefficient (Wildman–Crippen LogP) is 1.71. The van der Waals surface area contributed by atoms with Crippen LogP contribution in [0.1, 0.15) is 31.7 Å². The van der Waals surface area contributed by atoms with Gasteiger partial charge in [0.1, 0.15) is 6.04 Å². The Morgan fingerprint density at radius 3 is 2.52 bits per heavy atom. The zero-order chi connectivity index (χ0) is 15.4. The molecule has 0 unspecified atom stereocenters. The zero-order valence-electron chi connectivity index (χ0n) is 12.8. The summed E-state index contributed by atoms with van der Waals surface area (Å²) in [4.78, 5) is 25.4. The van der Waals surface area contributed by atoms with E-state index in [9.17, 15) is 9.59 Å². The molecule has 3 atom stereocenters. The largest absolute Gasteiger partial charge is 0.344 e. The lowest BCUT2D eigenvalue weighted by atomic mass is 9.94. The smallest absolute Gasteiger partial charge is 0.315 e. The molecular formula is C16H23N3O2. The number of rotatable bonds is 4. The van der Waals surface area contributed by atoms with E-state index in [-0.39, 0.29) is 23.9 Å². The Kier molecular flexibility index (Phi) is 4.83. The van der Waals surface area contributed by atoms with E-state index in [0.29, 0.717) is 13.0 Å². The Labute approximate surface area is 125 Å². The molecule has 0 bridgehead atoms. The van der Waals surface area contributed by atoms with Gasteiger partial charge in [0.15, 0.2) is 0 Å². The number of carbonyl (C=O) groups excluding carboxylic acids is 2. The molecule has 2 N–H and O–H groups in total. The zero-order valence-corrected chi connectivity index (χ0v) is 12.8. The molecule has 114 valence electrons. The average Bonchev–Trinajstić information content (AvgIpc) is 2.79. The van der Waals surface area contributed by atoms with Crippen LogP contribution in [0.25, 0.3) is 0 Å². The third kappa shape index (κ3) is 3.74. The number of nitrogens with zero attached hydrogens (tertiary/aromatic N) is 1. The van der Waals surface area contributed by atoms with Gasteiger partial charge in [-0.25, -0.2) is 4.79 Å². The van der Waals surface area contributed by atoms with Crippen molar-refractivity contribution in [2.45, 2.75) is 38.3 Å². The van der Waals surface area contributed by atoms with Gasteiger partial charge in [-0.2, -0.15) is 0 Å². The van der Waals surface area contributed by atoms with Crippen LogP contribution in [0.4, 0.5) is 4.79 Å². The highest BCUT2D eigenvalue weighted by atomic mass is 16.2. The monoisotopic (exact) mass is 289 g/mol. The number of nitrogens with one attached hydrogen (secondary N) is 2. The normalized spacial score (nSPS) is 21.0. The van der Waals surface area contributed by atoms with Crippen LogP contribution in [0.3, 0.4) is 0 Å². The predicted molar refractivity (Wildman–Crippen MR) is 82.0 cm³/mol. The number of likely N-dealkylation sites (tertiary alicyclic amines) is 1. The lowest BCUT2D eigenvalue weighted by Crippen LogP contribution is -2.49. The molecule has 1 aliphatic rings. The highest BCUT2D eigenvalue weighted by molar-refractivity contribution is 5.88. The van der Waals surface area contributed by atoms with E-state index in [1.54, 1.807) is 11.9 Å². The summed E-state index contributed by atoms with van der Waals surface area (Å²) in [6.07, 6.45) is 0.672. The molecule has 3 amide bonds. The summed E-state index contributed by atoms with van der Waals surface area (Å²) in [7, 11) is 1.75.